The number of aryl methyl sites for hydroxylation is 1. The monoisotopic (exact) mass is 240 g/mol. The van der Waals surface area contributed by atoms with Gasteiger partial charge in [0.05, 0.1) is 0 Å². The average molecular weight is 240 g/mol. The van der Waals surface area contributed by atoms with E-state index in [4.69, 9.17) is 5.11 Å². The lowest BCUT2D eigenvalue weighted by Crippen LogP contribution is -1.95. The second-order valence-corrected chi connectivity index (χ2v) is 4.29. The molecule has 0 saturated heterocycles. The summed E-state index contributed by atoms with van der Waals surface area (Å²) in [6.45, 7) is 1.91. The Hall–Kier alpha value is -2.49. The fraction of sp³-hybridized carbons (Fsp3) is 0.0714. The highest BCUT2D eigenvalue weighted by atomic mass is 16.4. The number of carboxylic acid groups (broad SMARTS) is 1. The number of aromatic carboxylic acids is 1. The minimum absolute atomic E-state index is 0.218. The molecule has 0 amide bonds. The first-order valence-corrected chi connectivity index (χ1v) is 5.66. The summed E-state index contributed by atoms with van der Waals surface area (Å²) in [5.41, 5.74) is 4.06. The highest BCUT2D eigenvalue weighted by Gasteiger charge is 2.13. The minimum Gasteiger partial charge on any atom is -0.477 e. The van der Waals surface area contributed by atoms with Crippen LogP contribution < -0.4 is 0 Å². The zero-order valence-electron chi connectivity index (χ0n) is 9.82. The first kappa shape index (κ1) is 10.7. The summed E-state index contributed by atoms with van der Waals surface area (Å²) >= 11 is 0. The maximum absolute atomic E-state index is 11.0. The molecule has 4 heteroatoms. The van der Waals surface area contributed by atoms with Crippen molar-refractivity contribution < 1.29 is 9.90 Å². The second kappa shape index (κ2) is 3.77. The second-order valence-electron chi connectivity index (χ2n) is 4.29. The molecule has 0 saturated carbocycles. The molecule has 0 atom stereocenters. The molecule has 0 bridgehead atoms. The van der Waals surface area contributed by atoms with E-state index < -0.39 is 5.97 Å². The van der Waals surface area contributed by atoms with E-state index in [1.165, 1.54) is 0 Å². The van der Waals surface area contributed by atoms with Crippen LogP contribution in [0.5, 0.6) is 0 Å². The molecule has 0 spiro atoms. The highest BCUT2D eigenvalue weighted by Crippen LogP contribution is 2.30. The molecule has 0 aliphatic carbocycles. The minimum atomic E-state index is -0.939. The standard InChI is InChI=1S/C14H12N2O2/c1-8-7-12(14(17)18)16-13(8)10-3-2-4-11-9(10)5-6-15-11/h2-7,15-16H,1H3,(H,17,18). The first-order chi connectivity index (χ1) is 8.66. The molecule has 90 valence electrons. The molecule has 18 heavy (non-hydrogen) atoms. The predicted octanol–water partition coefficient (Wildman–Crippen LogP) is 3.17. The molecule has 1 aromatic carbocycles. The van der Waals surface area contributed by atoms with Gasteiger partial charge in [-0.15, -0.1) is 0 Å². The number of rotatable bonds is 2. The van der Waals surface area contributed by atoms with Crippen LogP contribution in [0.2, 0.25) is 0 Å². The number of fused-ring (bicyclic) bond motifs is 1. The van der Waals surface area contributed by atoms with Crippen LogP contribution in [0.1, 0.15) is 16.1 Å². The van der Waals surface area contributed by atoms with Crippen molar-refractivity contribution in [3.63, 3.8) is 0 Å². The summed E-state index contributed by atoms with van der Waals surface area (Å²) in [7, 11) is 0. The maximum atomic E-state index is 11.0. The van der Waals surface area contributed by atoms with Crippen molar-refractivity contribution >= 4 is 16.9 Å². The number of hydrogen-bond donors (Lipinski definition) is 3. The molecule has 3 aromatic rings. The van der Waals surface area contributed by atoms with Crippen LogP contribution in [0.25, 0.3) is 22.2 Å². The molecule has 3 N–H and O–H groups in total. The van der Waals surface area contributed by atoms with Gasteiger partial charge in [-0.2, -0.15) is 0 Å². The average Bonchev–Trinajstić information content (AvgIpc) is 2.94. The molecular formula is C14H12N2O2. The molecule has 2 heterocycles. The van der Waals surface area contributed by atoms with Gasteiger partial charge < -0.3 is 15.1 Å². The summed E-state index contributed by atoms with van der Waals surface area (Å²) in [6, 6.07) is 9.58. The van der Waals surface area contributed by atoms with E-state index in [0.717, 1.165) is 27.7 Å². The van der Waals surface area contributed by atoms with Crippen molar-refractivity contribution in [2.75, 3.05) is 0 Å². The van der Waals surface area contributed by atoms with Crippen molar-refractivity contribution in [3.8, 4) is 11.3 Å². The van der Waals surface area contributed by atoms with Crippen molar-refractivity contribution in [2.45, 2.75) is 6.92 Å². The SMILES string of the molecule is Cc1cc(C(=O)O)[nH]c1-c1cccc2[nH]ccc12. The smallest absolute Gasteiger partial charge is 0.352 e. The number of aromatic amines is 2. The normalized spacial score (nSPS) is 10.9. The van der Waals surface area contributed by atoms with E-state index in [2.05, 4.69) is 9.97 Å². The third kappa shape index (κ3) is 1.50. The lowest BCUT2D eigenvalue weighted by molar-refractivity contribution is 0.0691. The molecule has 0 unspecified atom stereocenters. The van der Waals surface area contributed by atoms with Crippen LogP contribution in [0.3, 0.4) is 0 Å². The van der Waals surface area contributed by atoms with E-state index >= 15 is 0 Å². The van der Waals surface area contributed by atoms with Gasteiger partial charge in [0.15, 0.2) is 0 Å². The molecular weight excluding hydrogens is 228 g/mol. The molecule has 0 fully saturated rings. The quantitative estimate of drug-likeness (QED) is 0.644. The summed E-state index contributed by atoms with van der Waals surface area (Å²) in [6.07, 6.45) is 1.88. The number of carbonyl (C=O) groups is 1. The lowest BCUT2D eigenvalue weighted by Gasteiger charge is -2.02. The number of nitrogens with one attached hydrogen (secondary N) is 2. The van der Waals surface area contributed by atoms with E-state index in [1.807, 2.05) is 37.4 Å². The number of H-pyrrole nitrogens is 2. The number of aromatic nitrogens is 2. The van der Waals surface area contributed by atoms with Crippen molar-refractivity contribution in [1.82, 2.24) is 9.97 Å². The largest absolute Gasteiger partial charge is 0.477 e. The number of hydrogen-bond acceptors (Lipinski definition) is 1. The molecule has 4 nitrogen and oxygen atoms in total. The topological polar surface area (TPSA) is 68.9 Å². The lowest BCUT2D eigenvalue weighted by atomic mass is 10.0. The van der Waals surface area contributed by atoms with Gasteiger partial charge in [-0.1, -0.05) is 12.1 Å². The highest BCUT2D eigenvalue weighted by molar-refractivity contribution is 5.96. The van der Waals surface area contributed by atoms with Crippen LogP contribution in [0, 0.1) is 6.92 Å². The molecule has 0 aliphatic heterocycles. The van der Waals surface area contributed by atoms with E-state index in [0.29, 0.717) is 0 Å². The maximum Gasteiger partial charge on any atom is 0.352 e. The molecule has 0 radical (unpaired) electrons. The Morgan fingerprint density at radius 2 is 2.11 bits per heavy atom. The van der Waals surface area contributed by atoms with Gasteiger partial charge in [0, 0.05) is 28.4 Å². The Labute approximate surface area is 103 Å². The Bertz CT molecular complexity index is 737. The molecule has 2 aromatic heterocycles. The van der Waals surface area contributed by atoms with Crippen LogP contribution >= 0.6 is 0 Å². The van der Waals surface area contributed by atoms with Crippen molar-refractivity contribution in [2.24, 2.45) is 0 Å². The van der Waals surface area contributed by atoms with Gasteiger partial charge in [0.25, 0.3) is 0 Å². The fourth-order valence-corrected chi connectivity index (χ4v) is 2.26. The Morgan fingerprint density at radius 3 is 2.83 bits per heavy atom. The van der Waals surface area contributed by atoms with Gasteiger partial charge in [0.1, 0.15) is 5.69 Å². The van der Waals surface area contributed by atoms with Crippen molar-refractivity contribution in [3.05, 3.63) is 47.8 Å². The summed E-state index contributed by atoms with van der Waals surface area (Å²) in [5, 5.41) is 10.1. The van der Waals surface area contributed by atoms with Gasteiger partial charge in [-0.05, 0) is 30.7 Å². The molecule has 0 aliphatic rings. The first-order valence-electron chi connectivity index (χ1n) is 5.66. The van der Waals surface area contributed by atoms with Crippen LogP contribution in [-0.2, 0) is 0 Å². The Morgan fingerprint density at radius 1 is 1.28 bits per heavy atom. The van der Waals surface area contributed by atoms with Crippen LogP contribution in [0.4, 0.5) is 0 Å². The molecule has 3 rings (SSSR count). The van der Waals surface area contributed by atoms with Crippen LogP contribution in [0.15, 0.2) is 36.5 Å². The van der Waals surface area contributed by atoms with E-state index in [9.17, 15) is 4.79 Å². The summed E-state index contributed by atoms with van der Waals surface area (Å²) in [4.78, 5) is 17.1. The Kier molecular flexibility index (Phi) is 2.23. The number of carboxylic acids is 1. The van der Waals surface area contributed by atoms with Gasteiger partial charge in [0.2, 0.25) is 0 Å². The van der Waals surface area contributed by atoms with E-state index in [1.54, 1.807) is 6.07 Å². The fourth-order valence-electron chi connectivity index (χ4n) is 2.26. The zero-order valence-corrected chi connectivity index (χ0v) is 9.82. The van der Waals surface area contributed by atoms with Crippen molar-refractivity contribution in [1.29, 1.82) is 0 Å². The van der Waals surface area contributed by atoms with Gasteiger partial charge in [-0.25, -0.2) is 4.79 Å². The van der Waals surface area contributed by atoms with Crippen LogP contribution in [-0.4, -0.2) is 21.0 Å². The van der Waals surface area contributed by atoms with Gasteiger partial charge >= 0.3 is 5.97 Å². The summed E-state index contributed by atoms with van der Waals surface area (Å²) < 4.78 is 0. The zero-order chi connectivity index (χ0) is 12.7. The third-order valence-electron chi connectivity index (χ3n) is 3.11. The summed E-state index contributed by atoms with van der Waals surface area (Å²) in [5.74, 6) is -0.939. The van der Waals surface area contributed by atoms with E-state index in [-0.39, 0.29) is 5.69 Å². The van der Waals surface area contributed by atoms with Gasteiger partial charge in [-0.3, -0.25) is 0 Å². The Balaban J connectivity index is 2.26. The predicted molar refractivity (Wildman–Crippen MR) is 69.8 cm³/mol. The number of benzene rings is 1. The third-order valence-corrected chi connectivity index (χ3v) is 3.11.